The largest absolute Gasteiger partial charge is 0.507 e. The van der Waals surface area contributed by atoms with Crippen LogP contribution in [0.1, 0.15) is 38.8 Å². The fraction of sp³-hybridized carbons (Fsp3) is 0.400. The van der Waals surface area contributed by atoms with Crippen molar-refractivity contribution in [2.24, 2.45) is 0 Å². The first-order valence-corrected chi connectivity index (χ1v) is 9.29. The smallest absolute Gasteiger partial charge is 0.123 e. The zero-order chi connectivity index (χ0) is 17.0. The molecule has 0 radical (unpaired) electrons. The van der Waals surface area contributed by atoms with Gasteiger partial charge in [0.25, 0.3) is 0 Å². The second kappa shape index (κ2) is 7.95. The molecule has 0 spiro atoms. The Labute approximate surface area is 142 Å². The molecule has 3 heteroatoms. The van der Waals surface area contributed by atoms with Gasteiger partial charge in [-0.15, -0.1) is 0 Å². The molecule has 0 aliphatic rings. The molecule has 0 saturated heterocycles. The van der Waals surface area contributed by atoms with Crippen molar-refractivity contribution in [3.63, 3.8) is 0 Å². The van der Waals surface area contributed by atoms with Gasteiger partial charge in [0.05, 0.1) is 0 Å². The molecule has 23 heavy (non-hydrogen) atoms. The van der Waals surface area contributed by atoms with Crippen molar-refractivity contribution in [3.05, 3.63) is 53.6 Å². The third kappa shape index (κ3) is 4.56. The van der Waals surface area contributed by atoms with Crippen molar-refractivity contribution in [3.8, 4) is 5.75 Å². The summed E-state index contributed by atoms with van der Waals surface area (Å²) < 4.78 is 0. The molecule has 0 amide bonds. The molecule has 0 heterocycles. The highest BCUT2D eigenvalue weighted by molar-refractivity contribution is 7.56. The maximum absolute atomic E-state index is 10.1. The van der Waals surface area contributed by atoms with Crippen LogP contribution < -0.4 is 10.6 Å². The maximum atomic E-state index is 10.1. The molecule has 0 aromatic heterocycles. The number of phenols is 1. The van der Waals surface area contributed by atoms with Gasteiger partial charge in [-0.2, -0.15) is 0 Å². The Morgan fingerprint density at radius 3 is 2.22 bits per heavy atom. The highest BCUT2D eigenvalue weighted by Gasteiger charge is 2.17. The van der Waals surface area contributed by atoms with Crippen molar-refractivity contribution >= 4 is 19.2 Å². The van der Waals surface area contributed by atoms with E-state index >= 15 is 0 Å². The summed E-state index contributed by atoms with van der Waals surface area (Å²) >= 11 is 0. The molecular weight excluding hydrogens is 301 g/mol. The van der Waals surface area contributed by atoms with E-state index in [0.29, 0.717) is 26.4 Å². The average molecular weight is 329 g/mol. The topological polar surface area (TPSA) is 23.5 Å². The summed E-state index contributed by atoms with van der Waals surface area (Å²) in [4.78, 5) is 2.51. The lowest BCUT2D eigenvalue weighted by Gasteiger charge is -2.31. The van der Waals surface area contributed by atoms with E-state index in [9.17, 15) is 5.11 Å². The minimum atomic E-state index is 0.393. The molecule has 0 saturated carbocycles. The van der Waals surface area contributed by atoms with Gasteiger partial charge >= 0.3 is 0 Å². The molecule has 1 N–H and O–H groups in total. The predicted octanol–water partition coefficient (Wildman–Crippen LogP) is 3.95. The summed E-state index contributed by atoms with van der Waals surface area (Å²) in [6.45, 7) is 12.1. The van der Waals surface area contributed by atoms with Gasteiger partial charge in [0.2, 0.25) is 0 Å². The van der Waals surface area contributed by atoms with Gasteiger partial charge in [0.15, 0.2) is 0 Å². The summed E-state index contributed by atoms with van der Waals surface area (Å²) in [6.07, 6.45) is 0. The second-order valence-corrected chi connectivity index (χ2v) is 7.90. The van der Waals surface area contributed by atoms with Gasteiger partial charge in [-0.25, -0.2) is 0 Å². The fourth-order valence-electron chi connectivity index (χ4n) is 2.91. The maximum Gasteiger partial charge on any atom is 0.123 e. The number of aryl methyl sites for hydroxylation is 1. The Bertz CT molecular complexity index is 644. The quantitative estimate of drug-likeness (QED) is 0.811. The van der Waals surface area contributed by atoms with Gasteiger partial charge in [-0.3, -0.25) is 4.90 Å². The standard InChI is InChI=1S/C20H28NOP/c1-14(2)21(15(3)4)13-17-10-8-9-16(5)20(17)23-19-12-7-6-11-18(19)22/h6-12,14-15,22-23H,13H2,1-5H3. The molecule has 124 valence electrons. The highest BCUT2D eigenvalue weighted by Crippen LogP contribution is 2.23. The normalized spacial score (nSPS) is 12.2. The molecule has 0 aliphatic heterocycles. The molecule has 0 aliphatic carbocycles. The number of para-hydroxylation sites is 1. The SMILES string of the molecule is Cc1cccc(CN(C(C)C)C(C)C)c1Pc1ccccc1O. The van der Waals surface area contributed by atoms with E-state index in [0.717, 1.165) is 11.8 Å². The third-order valence-electron chi connectivity index (χ3n) is 4.20. The summed E-state index contributed by atoms with van der Waals surface area (Å²) in [5.41, 5.74) is 2.67. The van der Waals surface area contributed by atoms with Crippen LogP contribution in [0.15, 0.2) is 42.5 Å². The van der Waals surface area contributed by atoms with Gasteiger partial charge in [-0.05, 0) is 57.1 Å². The van der Waals surface area contributed by atoms with Gasteiger partial charge in [-0.1, -0.05) is 45.0 Å². The lowest BCUT2D eigenvalue weighted by molar-refractivity contribution is 0.166. The van der Waals surface area contributed by atoms with Crippen LogP contribution in [0, 0.1) is 6.92 Å². The number of nitrogens with zero attached hydrogens (tertiary/aromatic N) is 1. The second-order valence-electron chi connectivity index (χ2n) is 6.61. The van der Waals surface area contributed by atoms with Crippen LogP contribution in [-0.4, -0.2) is 22.1 Å². The first-order chi connectivity index (χ1) is 10.9. The van der Waals surface area contributed by atoms with Crippen LogP contribution in [-0.2, 0) is 6.54 Å². The molecular formula is C20H28NOP. The average Bonchev–Trinajstić information content (AvgIpc) is 2.49. The number of rotatable bonds is 6. The van der Waals surface area contributed by atoms with E-state index < -0.39 is 0 Å². The van der Waals surface area contributed by atoms with Crippen LogP contribution in [0.3, 0.4) is 0 Å². The number of benzene rings is 2. The van der Waals surface area contributed by atoms with Crippen molar-refractivity contribution in [1.82, 2.24) is 4.90 Å². The van der Waals surface area contributed by atoms with E-state index in [4.69, 9.17) is 0 Å². The predicted molar refractivity (Wildman–Crippen MR) is 103 cm³/mol. The van der Waals surface area contributed by atoms with Crippen molar-refractivity contribution in [2.75, 3.05) is 0 Å². The molecule has 0 fully saturated rings. The summed E-state index contributed by atoms with van der Waals surface area (Å²) in [7, 11) is 0.483. The monoisotopic (exact) mass is 329 g/mol. The molecule has 2 aromatic carbocycles. The molecule has 1 unspecified atom stereocenters. The van der Waals surface area contributed by atoms with Crippen LogP contribution >= 0.6 is 8.58 Å². The van der Waals surface area contributed by atoms with E-state index in [-0.39, 0.29) is 0 Å². The van der Waals surface area contributed by atoms with Gasteiger partial charge in [0, 0.05) is 23.9 Å². The zero-order valence-electron chi connectivity index (χ0n) is 14.8. The summed E-state index contributed by atoms with van der Waals surface area (Å²) in [5, 5.41) is 12.5. The Hall–Kier alpha value is -1.37. The molecule has 0 bridgehead atoms. The summed E-state index contributed by atoms with van der Waals surface area (Å²) in [6, 6.07) is 15.2. The Balaban J connectivity index is 2.35. The van der Waals surface area contributed by atoms with Crippen LogP contribution in [0.25, 0.3) is 0 Å². The van der Waals surface area contributed by atoms with E-state index in [1.54, 1.807) is 6.07 Å². The van der Waals surface area contributed by atoms with E-state index in [1.807, 2.05) is 18.2 Å². The number of hydrogen-bond donors (Lipinski definition) is 1. The van der Waals surface area contributed by atoms with Crippen LogP contribution in [0.2, 0.25) is 0 Å². The van der Waals surface area contributed by atoms with E-state index in [1.165, 1.54) is 16.4 Å². The van der Waals surface area contributed by atoms with E-state index in [2.05, 4.69) is 57.7 Å². The third-order valence-corrected chi connectivity index (χ3v) is 5.86. The molecule has 2 rings (SSSR count). The number of aromatic hydroxyl groups is 1. The lowest BCUT2D eigenvalue weighted by atomic mass is 10.1. The molecule has 2 aromatic rings. The number of hydrogen-bond acceptors (Lipinski definition) is 2. The molecule has 1 atom stereocenters. The van der Waals surface area contributed by atoms with Crippen molar-refractivity contribution in [1.29, 1.82) is 0 Å². The number of phenolic OH excluding ortho intramolecular Hbond substituents is 1. The van der Waals surface area contributed by atoms with Gasteiger partial charge < -0.3 is 5.11 Å². The zero-order valence-corrected chi connectivity index (χ0v) is 15.8. The van der Waals surface area contributed by atoms with Crippen molar-refractivity contribution < 1.29 is 5.11 Å². The molecule has 2 nitrogen and oxygen atoms in total. The Morgan fingerprint density at radius 1 is 0.957 bits per heavy atom. The van der Waals surface area contributed by atoms with Gasteiger partial charge in [0.1, 0.15) is 5.75 Å². The Kier molecular flexibility index (Phi) is 6.21. The van der Waals surface area contributed by atoms with Crippen LogP contribution in [0.5, 0.6) is 5.75 Å². The minimum Gasteiger partial charge on any atom is -0.507 e. The lowest BCUT2D eigenvalue weighted by Crippen LogP contribution is -2.37. The summed E-state index contributed by atoms with van der Waals surface area (Å²) in [5.74, 6) is 0.393. The fourth-order valence-corrected chi connectivity index (χ4v) is 4.18. The minimum absolute atomic E-state index is 0.393. The Morgan fingerprint density at radius 2 is 1.61 bits per heavy atom. The first kappa shape index (κ1) is 18.0. The highest BCUT2D eigenvalue weighted by atomic mass is 31.1. The first-order valence-electron chi connectivity index (χ1n) is 8.29. The van der Waals surface area contributed by atoms with Crippen molar-refractivity contribution in [2.45, 2.75) is 53.2 Å². The van der Waals surface area contributed by atoms with Crippen LogP contribution in [0.4, 0.5) is 0 Å².